The number of nitrogens with two attached hydrogens (primary N) is 1. The first-order valence-electron chi connectivity index (χ1n) is 6.99. The standard InChI is InChI=1S/C15H20BrN3/c1-11-4-2-3-9-15(11)10-18-14(17)19(15)13-7-5-12(16)6-8-13/h5-8,11H,2-4,9-10H2,1H3,(H2,17,18). The fourth-order valence-corrected chi connectivity index (χ4v) is 3.80. The van der Waals surface area contributed by atoms with Gasteiger partial charge in [-0.3, -0.25) is 4.99 Å². The Morgan fingerprint density at radius 3 is 2.74 bits per heavy atom. The van der Waals surface area contributed by atoms with Crippen LogP contribution in [0.25, 0.3) is 0 Å². The van der Waals surface area contributed by atoms with Crippen molar-refractivity contribution in [3.63, 3.8) is 0 Å². The van der Waals surface area contributed by atoms with Crippen LogP contribution in [-0.4, -0.2) is 18.0 Å². The van der Waals surface area contributed by atoms with Gasteiger partial charge in [0.25, 0.3) is 0 Å². The highest BCUT2D eigenvalue weighted by Gasteiger charge is 2.48. The van der Waals surface area contributed by atoms with Crippen molar-refractivity contribution >= 4 is 27.6 Å². The number of rotatable bonds is 1. The van der Waals surface area contributed by atoms with Gasteiger partial charge in [-0.25, -0.2) is 0 Å². The zero-order chi connectivity index (χ0) is 13.5. The second-order valence-corrected chi connectivity index (χ2v) is 6.65. The van der Waals surface area contributed by atoms with E-state index in [4.69, 9.17) is 5.73 Å². The zero-order valence-corrected chi connectivity index (χ0v) is 12.9. The Labute approximate surface area is 123 Å². The first kappa shape index (κ1) is 13.0. The Morgan fingerprint density at radius 1 is 1.32 bits per heavy atom. The number of hydrogen-bond acceptors (Lipinski definition) is 3. The van der Waals surface area contributed by atoms with Crippen molar-refractivity contribution in [1.82, 2.24) is 0 Å². The van der Waals surface area contributed by atoms with Crippen molar-refractivity contribution in [1.29, 1.82) is 0 Å². The molecule has 0 saturated heterocycles. The Bertz CT molecular complexity index is 497. The van der Waals surface area contributed by atoms with E-state index < -0.39 is 0 Å². The van der Waals surface area contributed by atoms with E-state index in [0.29, 0.717) is 11.9 Å². The van der Waals surface area contributed by atoms with Crippen LogP contribution in [0.3, 0.4) is 0 Å². The molecule has 2 unspecified atom stereocenters. The average molecular weight is 322 g/mol. The van der Waals surface area contributed by atoms with E-state index in [9.17, 15) is 0 Å². The molecule has 1 aromatic carbocycles. The van der Waals surface area contributed by atoms with Crippen LogP contribution >= 0.6 is 15.9 Å². The van der Waals surface area contributed by atoms with Gasteiger partial charge in [0.05, 0.1) is 12.1 Å². The molecule has 3 nitrogen and oxygen atoms in total. The largest absolute Gasteiger partial charge is 0.369 e. The minimum atomic E-state index is 0.107. The van der Waals surface area contributed by atoms with Gasteiger partial charge in [0, 0.05) is 10.2 Å². The zero-order valence-electron chi connectivity index (χ0n) is 11.3. The Hall–Kier alpha value is -1.03. The third-order valence-electron chi connectivity index (χ3n) is 4.69. The Morgan fingerprint density at radius 2 is 2.05 bits per heavy atom. The van der Waals surface area contributed by atoms with Gasteiger partial charge in [-0.05, 0) is 43.0 Å². The van der Waals surface area contributed by atoms with Crippen LogP contribution in [0.5, 0.6) is 0 Å². The Balaban J connectivity index is 2.00. The average Bonchev–Trinajstić information content (AvgIpc) is 2.73. The first-order chi connectivity index (χ1) is 9.13. The number of halogens is 1. The summed E-state index contributed by atoms with van der Waals surface area (Å²) in [7, 11) is 0. The predicted octanol–water partition coefficient (Wildman–Crippen LogP) is 3.53. The lowest BCUT2D eigenvalue weighted by Gasteiger charge is -2.46. The van der Waals surface area contributed by atoms with E-state index in [-0.39, 0.29) is 5.54 Å². The number of aliphatic imine (C=N–C) groups is 1. The van der Waals surface area contributed by atoms with Crippen molar-refractivity contribution in [3.05, 3.63) is 28.7 Å². The van der Waals surface area contributed by atoms with Gasteiger partial charge in [0.1, 0.15) is 0 Å². The summed E-state index contributed by atoms with van der Waals surface area (Å²) >= 11 is 3.49. The minimum Gasteiger partial charge on any atom is -0.369 e. The van der Waals surface area contributed by atoms with E-state index >= 15 is 0 Å². The van der Waals surface area contributed by atoms with Gasteiger partial charge in [0.2, 0.25) is 0 Å². The summed E-state index contributed by atoms with van der Waals surface area (Å²) in [5.41, 5.74) is 7.45. The maximum atomic E-state index is 6.18. The predicted molar refractivity (Wildman–Crippen MR) is 83.5 cm³/mol. The molecule has 2 atom stereocenters. The summed E-state index contributed by atoms with van der Waals surface area (Å²) in [5, 5.41) is 0. The topological polar surface area (TPSA) is 41.6 Å². The third-order valence-corrected chi connectivity index (χ3v) is 5.22. The summed E-state index contributed by atoms with van der Waals surface area (Å²) in [6.45, 7) is 3.19. The molecular weight excluding hydrogens is 302 g/mol. The highest BCUT2D eigenvalue weighted by molar-refractivity contribution is 9.10. The highest BCUT2D eigenvalue weighted by Crippen LogP contribution is 2.43. The van der Waals surface area contributed by atoms with Gasteiger partial charge in [-0.1, -0.05) is 35.7 Å². The minimum absolute atomic E-state index is 0.107. The summed E-state index contributed by atoms with van der Waals surface area (Å²) in [4.78, 5) is 6.83. The summed E-state index contributed by atoms with van der Waals surface area (Å²) in [5.74, 6) is 1.31. The molecule has 0 bridgehead atoms. The number of nitrogens with zero attached hydrogens (tertiary/aromatic N) is 2. The second-order valence-electron chi connectivity index (χ2n) is 5.74. The van der Waals surface area contributed by atoms with Crippen LogP contribution in [0.2, 0.25) is 0 Å². The summed E-state index contributed by atoms with van der Waals surface area (Å²) in [6, 6.07) is 8.39. The number of guanidine groups is 1. The third kappa shape index (κ3) is 2.06. The quantitative estimate of drug-likeness (QED) is 0.859. The molecule has 102 valence electrons. The van der Waals surface area contributed by atoms with Gasteiger partial charge in [-0.2, -0.15) is 0 Å². The van der Waals surface area contributed by atoms with Gasteiger partial charge in [-0.15, -0.1) is 0 Å². The molecule has 1 saturated carbocycles. The molecule has 1 aliphatic heterocycles. The molecule has 1 spiro atoms. The number of benzene rings is 1. The fourth-order valence-electron chi connectivity index (χ4n) is 3.53. The summed E-state index contributed by atoms with van der Waals surface area (Å²) < 4.78 is 1.09. The van der Waals surface area contributed by atoms with Crippen molar-refractivity contribution in [2.24, 2.45) is 16.6 Å². The molecule has 0 aromatic heterocycles. The molecular formula is C15H20BrN3. The van der Waals surface area contributed by atoms with Gasteiger partial charge >= 0.3 is 0 Å². The van der Waals surface area contributed by atoms with Crippen molar-refractivity contribution < 1.29 is 0 Å². The molecule has 1 aromatic rings. The molecule has 0 radical (unpaired) electrons. The SMILES string of the molecule is CC1CCCCC12CN=C(N)N2c1ccc(Br)cc1. The van der Waals surface area contributed by atoms with Crippen LogP contribution in [0.4, 0.5) is 5.69 Å². The molecule has 1 fully saturated rings. The maximum absolute atomic E-state index is 6.18. The van der Waals surface area contributed by atoms with Gasteiger partial charge < -0.3 is 10.6 Å². The second kappa shape index (κ2) is 4.82. The van der Waals surface area contributed by atoms with E-state index in [2.05, 4.69) is 57.0 Å². The van der Waals surface area contributed by atoms with Crippen LogP contribution in [0, 0.1) is 5.92 Å². The van der Waals surface area contributed by atoms with Crippen molar-refractivity contribution in [3.8, 4) is 0 Å². The lowest BCUT2D eigenvalue weighted by Crippen LogP contribution is -2.57. The first-order valence-corrected chi connectivity index (χ1v) is 7.78. The molecule has 1 heterocycles. The molecule has 19 heavy (non-hydrogen) atoms. The monoisotopic (exact) mass is 321 g/mol. The normalized spacial score (nSPS) is 30.7. The van der Waals surface area contributed by atoms with Crippen LogP contribution in [-0.2, 0) is 0 Å². The van der Waals surface area contributed by atoms with E-state index in [1.807, 2.05) is 0 Å². The van der Waals surface area contributed by atoms with E-state index in [1.165, 1.54) is 25.7 Å². The van der Waals surface area contributed by atoms with E-state index in [1.54, 1.807) is 0 Å². The highest BCUT2D eigenvalue weighted by atomic mass is 79.9. The molecule has 2 N–H and O–H groups in total. The van der Waals surface area contributed by atoms with Crippen LogP contribution in [0.15, 0.2) is 33.7 Å². The number of hydrogen-bond donors (Lipinski definition) is 1. The lowest BCUT2D eigenvalue weighted by molar-refractivity contribution is 0.224. The molecule has 4 heteroatoms. The smallest absolute Gasteiger partial charge is 0.196 e. The molecule has 0 amide bonds. The van der Waals surface area contributed by atoms with E-state index in [0.717, 1.165) is 16.7 Å². The summed E-state index contributed by atoms with van der Waals surface area (Å²) in [6.07, 6.45) is 5.07. The van der Waals surface area contributed by atoms with Crippen LogP contribution in [0.1, 0.15) is 32.6 Å². The Kier molecular flexibility index (Phi) is 3.29. The molecule has 3 rings (SSSR count). The van der Waals surface area contributed by atoms with Gasteiger partial charge in [0.15, 0.2) is 5.96 Å². The van der Waals surface area contributed by atoms with Crippen molar-refractivity contribution in [2.75, 3.05) is 11.4 Å². The molecule has 1 aliphatic carbocycles. The lowest BCUT2D eigenvalue weighted by atomic mass is 9.73. The molecule has 2 aliphatic rings. The fraction of sp³-hybridized carbons (Fsp3) is 0.533. The number of anilines is 1. The van der Waals surface area contributed by atoms with Crippen molar-refractivity contribution in [2.45, 2.75) is 38.1 Å². The maximum Gasteiger partial charge on any atom is 0.196 e. The van der Waals surface area contributed by atoms with Crippen LogP contribution < -0.4 is 10.6 Å².